The molecule has 0 heterocycles. The molecular formula is C10H22O3Si. The third kappa shape index (κ3) is 7.98. The Labute approximate surface area is 88.2 Å². The molecule has 0 saturated heterocycles. The molecule has 0 spiro atoms. The summed E-state index contributed by atoms with van der Waals surface area (Å²) in [5, 5.41) is 0. The van der Waals surface area contributed by atoms with Gasteiger partial charge in [0.25, 0.3) is 0 Å². The number of hydrogen-bond acceptors (Lipinski definition) is 3. The molecule has 0 aliphatic rings. The van der Waals surface area contributed by atoms with Gasteiger partial charge in [-0.25, -0.2) is 0 Å². The monoisotopic (exact) mass is 218 g/mol. The van der Waals surface area contributed by atoms with E-state index in [-0.39, 0.29) is 5.60 Å². The van der Waals surface area contributed by atoms with Crippen LogP contribution in [0.5, 0.6) is 0 Å². The van der Waals surface area contributed by atoms with Crippen LogP contribution < -0.4 is 0 Å². The van der Waals surface area contributed by atoms with Crippen LogP contribution in [-0.4, -0.2) is 21.0 Å². The van der Waals surface area contributed by atoms with Gasteiger partial charge in [0.2, 0.25) is 8.32 Å². The Balaban J connectivity index is 4.28. The quantitative estimate of drug-likeness (QED) is 0.536. The molecule has 0 saturated carbocycles. The van der Waals surface area contributed by atoms with Crippen molar-refractivity contribution in [1.29, 1.82) is 0 Å². The van der Waals surface area contributed by atoms with E-state index >= 15 is 0 Å². The van der Waals surface area contributed by atoms with Crippen molar-refractivity contribution in [2.75, 3.05) is 7.11 Å². The van der Waals surface area contributed by atoms with E-state index in [2.05, 4.69) is 19.6 Å². The predicted molar refractivity (Wildman–Crippen MR) is 60.4 cm³/mol. The van der Waals surface area contributed by atoms with Gasteiger partial charge in [0.05, 0.1) is 7.11 Å². The maximum atomic E-state index is 5.64. The van der Waals surface area contributed by atoms with E-state index in [0.717, 1.165) is 0 Å². The Hall–Kier alpha value is -0.643. The fourth-order valence-corrected chi connectivity index (χ4v) is 1.38. The Bertz CT molecular complexity index is 198. The first-order chi connectivity index (χ1) is 6.14. The first-order valence-electron chi connectivity index (χ1n) is 4.75. The lowest BCUT2D eigenvalue weighted by molar-refractivity contribution is 0.0466. The summed E-state index contributed by atoms with van der Waals surface area (Å²) in [6.45, 7) is 12.2. The van der Waals surface area contributed by atoms with E-state index in [1.807, 2.05) is 20.8 Å². The van der Waals surface area contributed by atoms with Crippen LogP contribution in [-0.2, 0) is 13.9 Å². The fourth-order valence-electron chi connectivity index (χ4n) is 0.641. The Morgan fingerprint density at radius 2 is 1.64 bits per heavy atom. The van der Waals surface area contributed by atoms with Crippen LogP contribution in [0.15, 0.2) is 12.2 Å². The summed E-state index contributed by atoms with van der Waals surface area (Å²) in [4.78, 5) is 0. The first-order valence-corrected chi connectivity index (χ1v) is 8.16. The van der Waals surface area contributed by atoms with Gasteiger partial charge in [0.15, 0.2) is 6.26 Å². The summed E-state index contributed by atoms with van der Waals surface area (Å²) in [5.41, 5.74) is -0.216. The minimum atomic E-state index is -1.61. The Kier molecular flexibility index (Phi) is 4.51. The molecule has 0 rings (SSSR count). The van der Waals surface area contributed by atoms with E-state index < -0.39 is 8.32 Å². The molecule has 0 aromatic carbocycles. The molecule has 0 fully saturated rings. The summed E-state index contributed by atoms with van der Waals surface area (Å²) < 4.78 is 16.1. The lowest BCUT2D eigenvalue weighted by Gasteiger charge is -2.22. The number of hydrogen-bond donors (Lipinski definition) is 0. The zero-order valence-corrected chi connectivity index (χ0v) is 11.3. The molecule has 0 amide bonds. The molecule has 0 aliphatic heterocycles. The van der Waals surface area contributed by atoms with Gasteiger partial charge in [-0.15, -0.1) is 0 Å². The van der Waals surface area contributed by atoms with Crippen LogP contribution in [0.2, 0.25) is 19.6 Å². The van der Waals surface area contributed by atoms with Crippen molar-refractivity contribution in [3.05, 3.63) is 12.2 Å². The zero-order valence-electron chi connectivity index (χ0n) is 10.3. The van der Waals surface area contributed by atoms with Crippen molar-refractivity contribution >= 4 is 8.32 Å². The van der Waals surface area contributed by atoms with Gasteiger partial charge in [-0.2, -0.15) is 0 Å². The smallest absolute Gasteiger partial charge is 0.301 e. The molecular weight excluding hydrogens is 196 g/mol. The van der Waals surface area contributed by atoms with Gasteiger partial charge in [0.1, 0.15) is 5.60 Å². The normalized spacial score (nSPS) is 13.8. The SMILES string of the molecule is CO/C(=C\OC(C)(C)C)O[Si](C)(C)C. The first kappa shape index (κ1) is 13.4. The van der Waals surface area contributed by atoms with E-state index in [9.17, 15) is 0 Å². The molecule has 14 heavy (non-hydrogen) atoms. The van der Waals surface area contributed by atoms with Crippen molar-refractivity contribution in [2.24, 2.45) is 0 Å². The molecule has 0 aromatic heterocycles. The van der Waals surface area contributed by atoms with E-state index in [4.69, 9.17) is 13.9 Å². The van der Waals surface area contributed by atoms with Gasteiger partial charge in [-0.1, -0.05) is 0 Å². The Morgan fingerprint density at radius 3 is 1.93 bits per heavy atom. The molecule has 0 radical (unpaired) electrons. The van der Waals surface area contributed by atoms with Gasteiger partial charge >= 0.3 is 5.95 Å². The Morgan fingerprint density at radius 1 is 1.14 bits per heavy atom. The van der Waals surface area contributed by atoms with Crippen molar-refractivity contribution in [3.8, 4) is 0 Å². The highest BCUT2D eigenvalue weighted by Crippen LogP contribution is 2.14. The topological polar surface area (TPSA) is 27.7 Å². The minimum Gasteiger partial charge on any atom is -0.518 e. The summed E-state index contributed by atoms with van der Waals surface area (Å²) in [6, 6.07) is 0. The maximum Gasteiger partial charge on any atom is 0.301 e. The van der Waals surface area contributed by atoms with Crippen molar-refractivity contribution < 1.29 is 13.9 Å². The molecule has 0 atom stereocenters. The van der Waals surface area contributed by atoms with Crippen LogP contribution in [0, 0.1) is 0 Å². The van der Waals surface area contributed by atoms with Crippen molar-refractivity contribution in [3.63, 3.8) is 0 Å². The average Bonchev–Trinajstić information content (AvgIpc) is 1.94. The van der Waals surface area contributed by atoms with E-state index in [1.165, 1.54) is 6.26 Å². The van der Waals surface area contributed by atoms with Crippen LogP contribution >= 0.6 is 0 Å². The second-order valence-electron chi connectivity index (χ2n) is 5.09. The highest BCUT2D eigenvalue weighted by Gasteiger charge is 2.19. The molecule has 4 heteroatoms. The number of ether oxygens (including phenoxy) is 2. The summed E-state index contributed by atoms with van der Waals surface area (Å²) in [7, 11) is -0.0295. The highest BCUT2D eigenvalue weighted by molar-refractivity contribution is 6.69. The van der Waals surface area contributed by atoms with Crippen LogP contribution in [0.1, 0.15) is 20.8 Å². The summed E-state index contributed by atoms with van der Waals surface area (Å²) >= 11 is 0. The van der Waals surface area contributed by atoms with Crippen molar-refractivity contribution in [2.45, 2.75) is 46.0 Å². The largest absolute Gasteiger partial charge is 0.518 e. The molecule has 84 valence electrons. The van der Waals surface area contributed by atoms with Gasteiger partial charge in [-0.3, -0.25) is 0 Å². The standard InChI is InChI=1S/C10H22O3Si/c1-10(2,3)12-8-9(11-4)13-14(5,6)7/h8H,1-7H3/b9-8+. The lowest BCUT2D eigenvalue weighted by Crippen LogP contribution is -2.26. The van der Waals surface area contributed by atoms with E-state index in [1.54, 1.807) is 7.11 Å². The van der Waals surface area contributed by atoms with Crippen LogP contribution in [0.3, 0.4) is 0 Å². The highest BCUT2D eigenvalue weighted by atomic mass is 28.4. The average molecular weight is 218 g/mol. The van der Waals surface area contributed by atoms with E-state index in [0.29, 0.717) is 5.95 Å². The van der Waals surface area contributed by atoms with Crippen molar-refractivity contribution in [1.82, 2.24) is 0 Å². The van der Waals surface area contributed by atoms with Crippen LogP contribution in [0.4, 0.5) is 0 Å². The predicted octanol–water partition coefficient (Wildman–Crippen LogP) is 3.10. The third-order valence-corrected chi connectivity index (χ3v) is 1.93. The molecule has 3 nitrogen and oxygen atoms in total. The number of methoxy groups -OCH3 is 1. The molecule has 0 bridgehead atoms. The number of rotatable bonds is 4. The molecule has 0 N–H and O–H groups in total. The second-order valence-corrected chi connectivity index (χ2v) is 9.51. The summed E-state index contributed by atoms with van der Waals surface area (Å²) in [6.07, 6.45) is 1.54. The van der Waals surface area contributed by atoms with Gasteiger partial charge < -0.3 is 13.9 Å². The maximum absolute atomic E-state index is 5.64. The summed E-state index contributed by atoms with van der Waals surface area (Å²) in [5.74, 6) is 0.457. The molecule has 0 aromatic rings. The fraction of sp³-hybridized carbons (Fsp3) is 0.800. The second kappa shape index (κ2) is 4.73. The molecule has 0 aliphatic carbocycles. The van der Waals surface area contributed by atoms with Gasteiger partial charge in [0, 0.05) is 0 Å². The minimum absolute atomic E-state index is 0.216. The molecule has 0 unspecified atom stereocenters. The van der Waals surface area contributed by atoms with Gasteiger partial charge in [-0.05, 0) is 40.4 Å². The lowest BCUT2D eigenvalue weighted by atomic mass is 10.2. The van der Waals surface area contributed by atoms with Crippen LogP contribution in [0.25, 0.3) is 0 Å². The third-order valence-electron chi connectivity index (χ3n) is 1.12. The zero-order chi connectivity index (χ0) is 11.4.